The van der Waals surface area contributed by atoms with Gasteiger partial charge in [0.2, 0.25) is 5.95 Å². The van der Waals surface area contributed by atoms with Crippen molar-refractivity contribution in [1.82, 2.24) is 14.8 Å². The van der Waals surface area contributed by atoms with Crippen LogP contribution < -0.4 is 5.73 Å². The van der Waals surface area contributed by atoms with Gasteiger partial charge in [-0.15, -0.1) is 5.10 Å². The second-order valence-electron chi connectivity index (χ2n) is 2.50. The lowest BCUT2D eigenvalue weighted by atomic mass is 10.3. The minimum absolute atomic E-state index is 0.236. The summed E-state index contributed by atoms with van der Waals surface area (Å²) in [5.41, 5.74) is 6.15. The molecule has 0 unspecified atom stereocenters. The molecule has 2 aromatic rings. The highest BCUT2D eigenvalue weighted by Crippen LogP contribution is 2.18. The number of hydrogen-bond acceptors (Lipinski definition) is 3. The molecule has 0 saturated heterocycles. The van der Waals surface area contributed by atoms with Crippen LogP contribution in [0.5, 0.6) is 0 Å². The Kier molecular flexibility index (Phi) is 1.90. The zero-order valence-corrected chi connectivity index (χ0v) is 7.44. The number of aromatic nitrogens is 3. The normalized spacial score (nSPS) is 10.2. The third kappa shape index (κ3) is 1.48. The van der Waals surface area contributed by atoms with Crippen molar-refractivity contribution < 1.29 is 0 Å². The molecule has 1 aromatic heterocycles. The molecule has 0 saturated carbocycles. The maximum atomic E-state index is 5.94. The fourth-order valence-electron chi connectivity index (χ4n) is 1.03. The van der Waals surface area contributed by atoms with E-state index in [1.165, 1.54) is 11.0 Å². The minimum Gasteiger partial charge on any atom is -0.366 e. The largest absolute Gasteiger partial charge is 0.366 e. The van der Waals surface area contributed by atoms with Gasteiger partial charge in [0.15, 0.2) is 0 Å². The van der Waals surface area contributed by atoms with Crippen molar-refractivity contribution in [2.45, 2.75) is 0 Å². The topological polar surface area (TPSA) is 56.7 Å². The summed E-state index contributed by atoms with van der Waals surface area (Å²) >= 11 is 5.94. The van der Waals surface area contributed by atoms with E-state index in [0.717, 1.165) is 5.69 Å². The Hall–Kier alpha value is -1.55. The molecule has 0 bridgehead atoms. The van der Waals surface area contributed by atoms with Gasteiger partial charge in [-0.05, 0) is 12.1 Å². The smallest absolute Gasteiger partial charge is 0.239 e. The van der Waals surface area contributed by atoms with E-state index in [9.17, 15) is 0 Å². The number of halogens is 1. The first-order valence-electron chi connectivity index (χ1n) is 3.69. The van der Waals surface area contributed by atoms with Crippen molar-refractivity contribution in [3.05, 3.63) is 35.6 Å². The molecule has 0 atom stereocenters. The second kappa shape index (κ2) is 3.06. The Morgan fingerprint density at radius 3 is 2.69 bits per heavy atom. The predicted octanol–water partition coefficient (Wildman–Crippen LogP) is 1.50. The van der Waals surface area contributed by atoms with E-state index < -0.39 is 0 Å². The van der Waals surface area contributed by atoms with Crippen molar-refractivity contribution >= 4 is 17.5 Å². The number of nitrogen functional groups attached to an aromatic ring is 1. The summed E-state index contributed by atoms with van der Waals surface area (Å²) in [6, 6.07) is 7.36. The summed E-state index contributed by atoms with van der Waals surface area (Å²) in [7, 11) is 0. The van der Waals surface area contributed by atoms with Crippen molar-refractivity contribution in [3.8, 4) is 5.69 Å². The maximum absolute atomic E-state index is 5.94. The Labute approximate surface area is 80.0 Å². The van der Waals surface area contributed by atoms with Gasteiger partial charge in [0.1, 0.15) is 6.33 Å². The molecule has 1 heterocycles. The van der Waals surface area contributed by atoms with Gasteiger partial charge >= 0.3 is 0 Å². The average Bonchev–Trinajstić information content (AvgIpc) is 2.53. The zero-order valence-electron chi connectivity index (χ0n) is 6.68. The van der Waals surface area contributed by atoms with E-state index in [1.54, 1.807) is 6.07 Å². The third-order valence-corrected chi connectivity index (χ3v) is 1.93. The summed E-state index contributed by atoms with van der Waals surface area (Å²) in [5.74, 6) is 0.236. The van der Waals surface area contributed by atoms with Crippen molar-refractivity contribution in [2.75, 3.05) is 5.73 Å². The summed E-state index contributed by atoms with van der Waals surface area (Å²) in [6.45, 7) is 0. The lowest BCUT2D eigenvalue weighted by molar-refractivity contribution is 0.883. The molecule has 13 heavy (non-hydrogen) atoms. The number of anilines is 1. The lowest BCUT2D eigenvalue weighted by Crippen LogP contribution is -1.96. The van der Waals surface area contributed by atoms with Gasteiger partial charge in [-0.3, -0.25) is 0 Å². The van der Waals surface area contributed by atoms with Gasteiger partial charge in [0, 0.05) is 0 Å². The monoisotopic (exact) mass is 194 g/mol. The summed E-state index contributed by atoms with van der Waals surface area (Å²) in [6.07, 6.45) is 1.52. The van der Waals surface area contributed by atoms with Crippen LogP contribution in [0.4, 0.5) is 5.95 Å². The minimum atomic E-state index is 0.236. The molecular formula is C8H7ClN4. The van der Waals surface area contributed by atoms with E-state index in [1.807, 2.05) is 18.2 Å². The number of nitrogens with zero attached hydrogens (tertiary/aromatic N) is 3. The van der Waals surface area contributed by atoms with E-state index in [4.69, 9.17) is 17.3 Å². The molecule has 0 aliphatic rings. The van der Waals surface area contributed by atoms with Crippen LogP contribution in [0.3, 0.4) is 0 Å². The molecule has 0 amide bonds. The summed E-state index contributed by atoms with van der Waals surface area (Å²) < 4.78 is 1.54. The molecule has 0 aliphatic heterocycles. The first-order chi connectivity index (χ1) is 6.27. The van der Waals surface area contributed by atoms with Gasteiger partial charge in [0.05, 0.1) is 10.7 Å². The molecule has 0 spiro atoms. The number of hydrogen-bond donors (Lipinski definition) is 1. The Morgan fingerprint density at radius 1 is 1.31 bits per heavy atom. The van der Waals surface area contributed by atoms with E-state index in [-0.39, 0.29) is 5.95 Å². The highest BCUT2D eigenvalue weighted by atomic mass is 35.5. The van der Waals surface area contributed by atoms with Crippen LogP contribution in [-0.4, -0.2) is 14.8 Å². The molecule has 1 aromatic carbocycles. The highest BCUT2D eigenvalue weighted by Gasteiger charge is 2.02. The summed E-state index contributed by atoms with van der Waals surface area (Å²) in [5, 5.41) is 4.56. The standard InChI is InChI=1S/C8H7ClN4/c9-6-3-1-2-4-7(6)13-5-11-8(10)12-13/h1-5H,(H2,10,12). The van der Waals surface area contributed by atoms with Crippen molar-refractivity contribution in [3.63, 3.8) is 0 Å². The molecule has 0 aliphatic carbocycles. The lowest BCUT2D eigenvalue weighted by Gasteiger charge is -2.00. The third-order valence-electron chi connectivity index (χ3n) is 1.61. The Bertz CT molecular complexity index is 424. The van der Waals surface area contributed by atoms with Gasteiger partial charge in [0.25, 0.3) is 0 Å². The first kappa shape index (κ1) is 8.07. The van der Waals surface area contributed by atoms with Crippen LogP contribution in [0, 0.1) is 0 Å². The van der Waals surface area contributed by atoms with Gasteiger partial charge in [-0.1, -0.05) is 23.7 Å². The molecule has 5 heteroatoms. The maximum Gasteiger partial charge on any atom is 0.239 e. The van der Waals surface area contributed by atoms with Crippen LogP contribution in [-0.2, 0) is 0 Å². The summed E-state index contributed by atoms with van der Waals surface area (Å²) in [4.78, 5) is 3.81. The Balaban J connectivity index is 2.52. The number of para-hydroxylation sites is 1. The van der Waals surface area contributed by atoms with E-state index in [2.05, 4.69) is 10.1 Å². The molecule has 2 rings (SSSR count). The van der Waals surface area contributed by atoms with Gasteiger partial charge in [-0.25, -0.2) is 9.67 Å². The van der Waals surface area contributed by atoms with Crippen molar-refractivity contribution in [2.24, 2.45) is 0 Å². The van der Waals surface area contributed by atoms with Crippen LogP contribution in [0.25, 0.3) is 5.69 Å². The molecule has 66 valence electrons. The number of benzene rings is 1. The molecule has 0 radical (unpaired) electrons. The number of nitrogens with two attached hydrogens (primary N) is 1. The van der Waals surface area contributed by atoms with Crippen LogP contribution in [0.2, 0.25) is 5.02 Å². The van der Waals surface area contributed by atoms with Crippen LogP contribution in [0.1, 0.15) is 0 Å². The average molecular weight is 195 g/mol. The van der Waals surface area contributed by atoms with Crippen molar-refractivity contribution in [1.29, 1.82) is 0 Å². The molecule has 2 N–H and O–H groups in total. The predicted molar refractivity (Wildman–Crippen MR) is 50.8 cm³/mol. The highest BCUT2D eigenvalue weighted by molar-refractivity contribution is 6.32. The molecular weight excluding hydrogens is 188 g/mol. The van der Waals surface area contributed by atoms with Gasteiger partial charge < -0.3 is 5.73 Å². The van der Waals surface area contributed by atoms with E-state index >= 15 is 0 Å². The van der Waals surface area contributed by atoms with Gasteiger partial charge in [-0.2, -0.15) is 0 Å². The molecule has 4 nitrogen and oxygen atoms in total. The number of rotatable bonds is 1. The fraction of sp³-hybridized carbons (Fsp3) is 0. The quantitative estimate of drug-likeness (QED) is 0.749. The van der Waals surface area contributed by atoms with E-state index in [0.29, 0.717) is 5.02 Å². The Morgan fingerprint density at radius 2 is 2.08 bits per heavy atom. The SMILES string of the molecule is Nc1ncn(-c2ccccc2Cl)n1. The zero-order chi connectivity index (χ0) is 9.26. The molecule has 0 fully saturated rings. The second-order valence-corrected chi connectivity index (χ2v) is 2.91. The first-order valence-corrected chi connectivity index (χ1v) is 4.07. The fourth-order valence-corrected chi connectivity index (χ4v) is 1.25. The van der Waals surface area contributed by atoms with Crippen LogP contribution in [0.15, 0.2) is 30.6 Å². The van der Waals surface area contributed by atoms with Crippen LogP contribution >= 0.6 is 11.6 Å².